The third-order valence-electron chi connectivity index (χ3n) is 3.77. The third-order valence-corrected chi connectivity index (χ3v) is 4.89. The van der Waals surface area contributed by atoms with E-state index in [0.29, 0.717) is 18.2 Å². The summed E-state index contributed by atoms with van der Waals surface area (Å²) in [4.78, 5) is 12.0. The molecule has 0 aromatic heterocycles. The van der Waals surface area contributed by atoms with E-state index >= 15 is 0 Å². The molecule has 1 aromatic rings. The number of nitro groups is 1. The van der Waals surface area contributed by atoms with Crippen molar-refractivity contribution in [1.82, 2.24) is 0 Å². The molecule has 0 aliphatic carbocycles. The molecule has 1 atom stereocenters. The summed E-state index contributed by atoms with van der Waals surface area (Å²) in [5.41, 5.74) is 0.261. The van der Waals surface area contributed by atoms with Crippen molar-refractivity contribution >= 4 is 21.2 Å². The number of anilines is 1. The van der Waals surface area contributed by atoms with Gasteiger partial charge in [-0.2, -0.15) is 0 Å². The van der Waals surface area contributed by atoms with Crippen molar-refractivity contribution in [1.29, 1.82) is 0 Å². The van der Waals surface area contributed by atoms with E-state index in [-0.39, 0.29) is 10.6 Å². The number of benzene rings is 1. The van der Waals surface area contributed by atoms with Crippen LogP contribution in [0.4, 0.5) is 11.4 Å². The first-order chi connectivity index (χ1) is 10.3. The van der Waals surface area contributed by atoms with Crippen LogP contribution in [0.15, 0.2) is 23.1 Å². The summed E-state index contributed by atoms with van der Waals surface area (Å²) in [5, 5.41) is 11.0. The average molecular weight is 328 g/mol. The predicted octanol–water partition coefficient (Wildman–Crippen LogP) is 1.86. The molecule has 1 unspecified atom stereocenters. The van der Waals surface area contributed by atoms with Gasteiger partial charge in [0.25, 0.3) is 5.69 Å². The highest BCUT2D eigenvalue weighted by atomic mass is 32.2. The van der Waals surface area contributed by atoms with Gasteiger partial charge in [-0.15, -0.1) is 0 Å². The van der Waals surface area contributed by atoms with Gasteiger partial charge in [-0.1, -0.05) is 0 Å². The van der Waals surface area contributed by atoms with E-state index in [1.54, 1.807) is 6.07 Å². The molecule has 1 fully saturated rings. The lowest BCUT2D eigenvalue weighted by Crippen LogP contribution is -2.30. The minimum absolute atomic E-state index is 0.248. The zero-order valence-electron chi connectivity index (χ0n) is 12.7. The van der Waals surface area contributed by atoms with Crippen molar-refractivity contribution < 1.29 is 18.1 Å². The van der Waals surface area contributed by atoms with E-state index in [1.165, 1.54) is 12.1 Å². The van der Waals surface area contributed by atoms with E-state index in [1.807, 2.05) is 11.9 Å². The first-order valence-corrected chi connectivity index (χ1v) is 8.95. The van der Waals surface area contributed by atoms with Crippen LogP contribution in [-0.4, -0.2) is 46.4 Å². The Hall–Kier alpha value is -1.67. The van der Waals surface area contributed by atoms with Crippen LogP contribution in [0, 0.1) is 16.0 Å². The molecule has 1 aliphatic heterocycles. The van der Waals surface area contributed by atoms with Crippen molar-refractivity contribution in [3.8, 4) is 0 Å². The molecular formula is C14H20N2O5S. The highest BCUT2D eigenvalue weighted by molar-refractivity contribution is 7.90. The van der Waals surface area contributed by atoms with Crippen LogP contribution in [0.25, 0.3) is 0 Å². The lowest BCUT2D eigenvalue weighted by Gasteiger charge is -2.28. The number of hydrogen-bond acceptors (Lipinski definition) is 6. The van der Waals surface area contributed by atoms with Crippen LogP contribution < -0.4 is 4.90 Å². The van der Waals surface area contributed by atoms with Gasteiger partial charge in [0.1, 0.15) is 4.90 Å². The molecular weight excluding hydrogens is 308 g/mol. The Kier molecular flexibility index (Phi) is 5.02. The van der Waals surface area contributed by atoms with Gasteiger partial charge in [0.05, 0.1) is 11.5 Å². The molecule has 0 spiro atoms. The molecule has 1 saturated heterocycles. The van der Waals surface area contributed by atoms with Gasteiger partial charge in [0.15, 0.2) is 9.84 Å². The van der Waals surface area contributed by atoms with Crippen LogP contribution in [0.5, 0.6) is 0 Å². The number of sulfone groups is 1. The zero-order chi connectivity index (χ0) is 16.3. The summed E-state index contributed by atoms with van der Waals surface area (Å²) in [6.07, 6.45) is 3.07. The molecule has 0 saturated carbocycles. The highest BCUT2D eigenvalue weighted by Gasteiger charge is 2.24. The first kappa shape index (κ1) is 16.7. The second-order valence-electron chi connectivity index (χ2n) is 5.64. The standard InChI is InChI=1S/C14H20N2O5S/c1-15(9-11-4-3-7-21-10-11)12-5-6-13(16(17)18)14(8-12)22(2,19)20/h5-6,8,11H,3-4,7,9-10H2,1-2H3. The quantitative estimate of drug-likeness (QED) is 0.605. The van der Waals surface area contributed by atoms with Gasteiger partial charge >= 0.3 is 0 Å². The molecule has 1 aromatic carbocycles. The van der Waals surface area contributed by atoms with Crippen molar-refractivity contribution in [3.63, 3.8) is 0 Å². The zero-order valence-corrected chi connectivity index (χ0v) is 13.5. The van der Waals surface area contributed by atoms with E-state index < -0.39 is 14.8 Å². The number of ether oxygens (including phenoxy) is 1. The second kappa shape index (κ2) is 6.62. The van der Waals surface area contributed by atoms with Gasteiger partial charge in [-0.25, -0.2) is 8.42 Å². The molecule has 1 heterocycles. The van der Waals surface area contributed by atoms with Crippen LogP contribution in [0.2, 0.25) is 0 Å². The van der Waals surface area contributed by atoms with Crippen molar-refractivity contribution in [2.24, 2.45) is 5.92 Å². The van der Waals surface area contributed by atoms with Crippen LogP contribution in [0.1, 0.15) is 12.8 Å². The maximum atomic E-state index is 11.8. The lowest BCUT2D eigenvalue weighted by atomic mass is 10.0. The Bertz CT molecular complexity index is 653. The summed E-state index contributed by atoms with van der Waals surface area (Å²) < 4.78 is 29.0. The SMILES string of the molecule is CN(CC1CCCOC1)c1ccc([N+](=O)[O-])c(S(C)(=O)=O)c1. The molecule has 122 valence electrons. The summed E-state index contributed by atoms with van der Waals surface area (Å²) in [6.45, 7) is 2.20. The van der Waals surface area contributed by atoms with Gasteiger partial charge in [0.2, 0.25) is 0 Å². The normalized spacial score (nSPS) is 18.9. The molecule has 2 rings (SSSR count). The van der Waals surface area contributed by atoms with Crippen LogP contribution in [-0.2, 0) is 14.6 Å². The fourth-order valence-electron chi connectivity index (χ4n) is 2.63. The topological polar surface area (TPSA) is 89.8 Å². The fourth-order valence-corrected chi connectivity index (χ4v) is 3.49. The highest BCUT2D eigenvalue weighted by Crippen LogP contribution is 2.29. The molecule has 7 nitrogen and oxygen atoms in total. The van der Waals surface area contributed by atoms with E-state index in [0.717, 1.165) is 32.2 Å². The number of rotatable bonds is 5. The minimum Gasteiger partial charge on any atom is -0.381 e. The largest absolute Gasteiger partial charge is 0.381 e. The van der Waals surface area contributed by atoms with Crippen molar-refractivity contribution in [2.75, 3.05) is 38.0 Å². The third kappa shape index (κ3) is 3.95. The molecule has 0 N–H and O–H groups in total. The molecule has 0 amide bonds. The summed E-state index contributed by atoms with van der Waals surface area (Å²) in [7, 11) is -1.81. The maximum absolute atomic E-state index is 11.8. The Balaban J connectivity index is 2.25. The molecule has 22 heavy (non-hydrogen) atoms. The maximum Gasteiger partial charge on any atom is 0.288 e. The van der Waals surface area contributed by atoms with Crippen LogP contribution in [0.3, 0.4) is 0 Å². The fraction of sp³-hybridized carbons (Fsp3) is 0.571. The summed E-state index contributed by atoms with van der Waals surface area (Å²) in [5.74, 6) is 0.385. The number of nitrogens with zero attached hydrogens (tertiary/aromatic N) is 2. The monoisotopic (exact) mass is 328 g/mol. The van der Waals surface area contributed by atoms with Gasteiger partial charge < -0.3 is 9.64 Å². The molecule has 1 aliphatic rings. The Labute approximate surface area is 129 Å². The molecule has 0 radical (unpaired) electrons. The van der Waals surface area contributed by atoms with E-state index in [2.05, 4.69) is 0 Å². The van der Waals surface area contributed by atoms with Gasteiger partial charge in [-0.3, -0.25) is 10.1 Å². The van der Waals surface area contributed by atoms with Crippen LogP contribution >= 0.6 is 0 Å². The van der Waals surface area contributed by atoms with E-state index in [9.17, 15) is 18.5 Å². The number of nitro benzene ring substituents is 1. The number of hydrogen-bond donors (Lipinski definition) is 0. The predicted molar refractivity (Wildman–Crippen MR) is 83.0 cm³/mol. The lowest BCUT2D eigenvalue weighted by molar-refractivity contribution is -0.387. The average Bonchev–Trinajstić information content (AvgIpc) is 2.46. The minimum atomic E-state index is -3.66. The van der Waals surface area contributed by atoms with Crippen molar-refractivity contribution in [3.05, 3.63) is 28.3 Å². The molecule has 8 heteroatoms. The Morgan fingerprint density at radius 3 is 2.73 bits per heavy atom. The van der Waals surface area contributed by atoms with Gasteiger partial charge in [-0.05, 0) is 30.9 Å². The van der Waals surface area contributed by atoms with E-state index in [4.69, 9.17) is 4.74 Å². The summed E-state index contributed by atoms with van der Waals surface area (Å²) in [6, 6.07) is 4.20. The summed E-state index contributed by atoms with van der Waals surface area (Å²) >= 11 is 0. The Morgan fingerprint density at radius 1 is 1.45 bits per heavy atom. The second-order valence-corrected chi connectivity index (χ2v) is 7.63. The molecule has 0 bridgehead atoms. The van der Waals surface area contributed by atoms with Gasteiger partial charge in [0, 0.05) is 38.2 Å². The first-order valence-electron chi connectivity index (χ1n) is 7.06. The Morgan fingerprint density at radius 2 is 2.18 bits per heavy atom. The van der Waals surface area contributed by atoms with Crippen molar-refractivity contribution in [2.45, 2.75) is 17.7 Å². The smallest absolute Gasteiger partial charge is 0.288 e.